The second-order valence-corrected chi connectivity index (χ2v) is 9.36. The zero-order valence-corrected chi connectivity index (χ0v) is 17.2. The normalized spacial score (nSPS) is 22.6. The minimum absolute atomic E-state index is 0.108. The lowest BCUT2D eigenvalue weighted by atomic mass is 10.1. The Labute approximate surface area is 175 Å². The molecular formula is C21H21N5O3S. The number of ether oxygens (including phenoxy) is 1. The molecule has 2 aliphatic heterocycles. The third-order valence-corrected chi connectivity index (χ3v) is 7.37. The first kappa shape index (κ1) is 19.0. The predicted octanol–water partition coefficient (Wildman–Crippen LogP) is 2.02. The van der Waals surface area contributed by atoms with Crippen molar-refractivity contribution in [2.24, 2.45) is 0 Å². The van der Waals surface area contributed by atoms with Crippen LogP contribution in [0.5, 0.6) is 5.88 Å². The van der Waals surface area contributed by atoms with Gasteiger partial charge in [0.1, 0.15) is 11.0 Å². The van der Waals surface area contributed by atoms with Gasteiger partial charge in [-0.1, -0.05) is 30.3 Å². The zero-order chi connectivity index (χ0) is 20.7. The molecule has 1 fully saturated rings. The second-order valence-electron chi connectivity index (χ2n) is 7.50. The van der Waals surface area contributed by atoms with E-state index in [-0.39, 0.29) is 29.5 Å². The second kappa shape index (κ2) is 7.33. The van der Waals surface area contributed by atoms with E-state index < -0.39 is 10.0 Å². The molecule has 9 heteroatoms. The van der Waals surface area contributed by atoms with Gasteiger partial charge in [-0.25, -0.2) is 13.4 Å². The monoisotopic (exact) mass is 423 g/mol. The first-order chi connectivity index (χ1) is 14.5. The minimum atomic E-state index is -3.80. The average Bonchev–Trinajstić information content (AvgIpc) is 3.13. The summed E-state index contributed by atoms with van der Waals surface area (Å²) in [5.41, 5.74) is 1.75. The maximum Gasteiger partial charge on any atom is 0.249 e. The Morgan fingerprint density at radius 3 is 2.63 bits per heavy atom. The van der Waals surface area contributed by atoms with Gasteiger partial charge < -0.3 is 9.64 Å². The van der Waals surface area contributed by atoms with Gasteiger partial charge in [0.2, 0.25) is 15.9 Å². The molecule has 3 aromatic rings. The van der Waals surface area contributed by atoms with Crippen LogP contribution in [-0.2, 0) is 16.6 Å². The lowest BCUT2D eigenvalue weighted by molar-refractivity contribution is 0.147. The average molecular weight is 423 g/mol. The number of pyridine rings is 1. The van der Waals surface area contributed by atoms with Gasteiger partial charge in [0, 0.05) is 19.3 Å². The Hall–Kier alpha value is -3.04. The Balaban J connectivity index is 1.56. The van der Waals surface area contributed by atoms with Crippen molar-refractivity contribution in [3.05, 3.63) is 72.1 Å². The van der Waals surface area contributed by atoms with Crippen LogP contribution in [0.3, 0.4) is 0 Å². The number of benzene rings is 1. The van der Waals surface area contributed by atoms with Gasteiger partial charge in [0.25, 0.3) is 0 Å². The third-order valence-electron chi connectivity index (χ3n) is 5.48. The number of aryl methyl sites for hydroxylation is 1. The molecule has 154 valence electrons. The molecule has 0 saturated carbocycles. The summed E-state index contributed by atoms with van der Waals surface area (Å²) in [6.07, 6.45) is 1.18. The van der Waals surface area contributed by atoms with E-state index >= 15 is 0 Å². The molecule has 0 amide bonds. The molecular weight excluding hydrogens is 402 g/mol. The summed E-state index contributed by atoms with van der Waals surface area (Å²) in [6, 6.07) is 16.2. The molecule has 0 unspecified atom stereocenters. The van der Waals surface area contributed by atoms with Crippen molar-refractivity contribution in [3.63, 3.8) is 0 Å². The topological polar surface area (TPSA) is 88.5 Å². The highest BCUT2D eigenvalue weighted by Gasteiger charge is 2.47. The SMILES string of the molecule is Cc1ccc(N2C[C@@H]3Oc4ncccc4S(=O)(=O)N(Cc4ccccc4)[C@H]3C2)nn1. The fourth-order valence-corrected chi connectivity index (χ4v) is 5.67. The Morgan fingerprint density at radius 1 is 1.03 bits per heavy atom. The molecule has 0 radical (unpaired) electrons. The highest BCUT2D eigenvalue weighted by Crippen LogP contribution is 2.36. The van der Waals surface area contributed by atoms with Gasteiger partial charge in [-0.2, -0.15) is 9.40 Å². The number of aromatic nitrogens is 3. The minimum Gasteiger partial charge on any atom is -0.470 e. The van der Waals surface area contributed by atoms with Crippen LogP contribution in [0.1, 0.15) is 11.3 Å². The standard InChI is InChI=1S/C21H21N5O3S/c1-15-9-10-20(24-23-15)25-13-17-18(14-25)29-21-19(8-5-11-22-21)30(27,28)26(17)12-16-6-3-2-4-7-16/h2-11,17-18H,12-14H2,1H3/t17-,18-/m0/s1. The van der Waals surface area contributed by atoms with Crippen molar-refractivity contribution in [2.45, 2.75) is 30.5 Å². The maximum atomic E-state index is 13.6. The summed E-state index contributed by atoms with van der Waals surface area (Å²) in [5.74, 6) is 0.857. The molecule has 2 atom stereocenters. The molecule has 0 N–H and O–H groups in total. The van der Waals surface area contributed by atoms with Crippen molar-refractivity contribution in [2.75, 3.05) is 18.0 Å². The van der Waals surface area contributed by atoms with E-state index in [4.69, 9.17) is 4.74 Å². The van der Waals surface area contributed by atoms with Gasteiger partial charge in [-0.3, -0.25) is 0 Å². The molecule has 0 spiro atoms. The van der Waals surface area contributed by atoms with Gasteiger partial charge in [0.05, 0.1) is 18.3 Å². The number of fused-ring (bicyclic) bond motifs is 2. The van der Waals surface area contributed by atoms with E-state index in [9.17, 15) is 8.42 Å². The highest BCUT2D eigenvalue weighted by atomic mass is 32.2. The number of hydrogen-bond donors (Lipinski definition) is 0. The Bertz CT molecular complexity index is 1150. The smallest absolute Gasteiger partial charge is 0.249 e. The summed E-state index contributed by atoms with van der Waals surface area (Å²) in [5, 5.41) is 8.40. The molecule has 0 bridgehead atoms. The lowest BCUT2D eigenvalue weighted by Gasteiger charge is -2.28. The van der Waals surface area contributed by atoms with Gasteiger partial charge in [0.15, 0.2) is 5.82 Å². The van der Waals surface area contributed by atoms with E-state index in [1.807, 2.05) is 54.3 Å². The molecule has 4 heterocycles. The van der Waals surface area contributed by atoms with Crippen LogP contribution in [0.15, 0.2) is 65.7 Å². The van der Waals surface area contributed by atoms with Crippen LogP contribution >= 0.6 is 0 Å². The van der Waals surface area contributed by atoms with Crippen LogP contribution in [0.2, 0.25) is 0 Å². The Morgan fingerprint density at radius 2 is 1.87 bits per heavy atom. The van der Waals surface area contributed by atoms with E-state index in [1.54, 1.807) is 22.6 Å². The Kier molecular flexibility index (Phi) is 4.63. The van der Waals surface area contributed by atoms with Gasteiger partial charge >= 0.3 is 0 Å². The molecule has 2 aromatic heterocycles. The van der Waals surface area contributed by atoms with Crippen LogP contribution in [-0.4, -0.2) is 53.1 Å². The third kappa shape index (κ3) is 3.29. The summed E-state index contributed by atoms with van der Waals surface area (Å²) < 4.78 is 34.9. The molecule has 1 saturated heterocycles. The number of hydrogen-bond acceptors (Lipinski definition) is 7. The number of rotatable bonds is 3. The molecule has 2 aliphatic rings. The number of sulfonamides is 1. The fourth-order valence-electron chi connectivity index (χ4n) is 3.97. The van der Waals surface area contributed by atoms with E-state index in [2.05, 4.69) is 15.2 Å². The van der Waals surface area contributed by atoms with Crippen molar-refractivity contribution in [3.8, 4) is 5.88 Å². The van der Waals surface area contributed by atoms with E-state index in [1.165, 1.54) is 0 Å². The molecule has 1 aromatic carbocycles. The largest absolute Gasteiger partial charge is 0.470 e. The van der Waals surface area contributed by atoms with E-state index in [0.717, 1.165) is 11.3 Å². The van der Waals surface area contributed by atoms with E-state index in [0.29, 0.717) is 18.9 Å². The summed E-state index contributed by atoms with van der Waals surface area (Å²) >= 11 is 0. The highest BCUT2D eigenvalue weighted by molar-refractivity contribution is 7.89. The van der Waals surface area contributed by atoms with Crippen molar-refractivity contribution < 1.29 is 13.2 Å². The van der Waals surface area contributed by atoms with Crippen molar-refractivity contribution in [1.29, 1.82) is 0 Å². The van der Waals surface area contributed by atoms with Crippen LogP contribution in [0.4, 0.5) is 5.82 Å². The van der Waals surface area contributed by atoms with Gasteiger partial charge in [-0.15, -0.1) is 5.10 Å². The fraction of sp³-hybridized carbons (Fsp3) is 0.286. The predicted molar refractivity (Wildman–Crippen MR) is 111 cm³/mol. The zero-order valence-electron chi connectivity index (χ0n) is 16.4. The van der Waals surface area contributed by atoms with Crippen molar-refractivity contribution in [1.82, 2.24) is 19.5 Å². The van der Waals surface area contributed by atoms with Gasteiger partial charge in [-0.05, 0) is 36.8 Å². The van der Waals surface area contributed by atoms with Crippen LogP contribution in [0, 0.1) is 6.92 Å². The molecule has 8 nitrogen and oxygen atoms in total. The molecule has 5 rings (SSSR count). The van der Waals surface area contributed by atoms with Crippen LogP contribution in [0.25, 0.3) is 0 Å². The quantitative estimate of drug-likeness (QED) is 0.637. The molecule has 30 heavy (non-hydrogen) atoms. The van der Waals surface area contributed by atoms with Crippen LogP contribution < -0.4 is 9.64 Å². The summed E-state index contributed by atoms with van der Waals surface area (Å²) in [6.45, 7) is 3.10. The maximum absolute atomic E-state index is 13.6. The number of anilines is 1. The summed E-state index contributed by atoms with van der Waals surface area (Å²) in [7, 11) is -3.80. The molecule has 0 aliphatic carbocycles. The first-order valence-corrected chi connectivity index (χ1v) is 11.2. The lowest BCUT2D eigenvalue weighted by Crippen LogP contribution is -2.46. The number of nitrogens with zero attached hydrogens (tertiary/aromatic N) is 5. The first-order valence-electron chi connectivity index (χ1n) is 9.75. The summed E-state index contributed by atoms with van der Waals surface area (Å²) in [4.78, 5) is 6.34. The van der Waals surface area contributed by atoms with Crippen molar-refractivity contribution >= 4 is 15.8 Å².